The van der Waals surface area contributed by atoms with Crippen LogP contribution >= 0.6 is 0 Å². The van der Waals surface area contributed by atoms with E-state index in [1.165, 1.54) is 12.3 Å². The van der Waals surface area contributed by atoms with Gasteiger partial charge < -0.3 is 15.2 Å². The monoisotopic (exact) mass is 471 g/mol. The smallest absolute Gasteiger partial charge is 0.411 e. The van der Waals surface area contributed by atoms with E-state index in [0.717, 1.165) is 35.1 Å². The van der Waals surface area contributed by atoms with Gasteiger partial charge in [0, 0.05) is 12.0 Å². The first-order valence-electron chi connectivity index (χ1n) is 11.6. The summed E-state index contributed by atoms with van der Waals surface area (Å²) in [6.45, 7) is 0.194. The molecule has 178 valence electrons. The lowest BCUT2D eigenvalue weighted by atomic mass is 9.98. The number of benzene rings is 2. The molecule has 0 spiro atoms. The fourth-order valence-electron chi connectivity index (χ4n) is 4.62. The van der Waals surface area contributed by atoms with Gasteiger partial charge in [0.25, 0.3) is 5.91 Å². The highest BCUT2D eigenvalue weighted by molar-refractivity contribution is 5.93. The zero-order valence-electron chi connectivity index (χ0n) is 18.9. The minimum absolute atomic E-state index is 0.0393. The topological polar surface area (TPSA) is 118 Å². The van der Waals surface area contributed by atoms with Crippen molar-refractivity contribution in [1.29, 1.82) is 0 Å². The van der Waals surface area contributed by atoms with Crippen LogP contribution in [0, 0.1) is 5.92 Å². The number of carbonyl (C=O) groups excluding carboxylic acids is 2. The molecular weight excluding hydrogens is 446 g/mol. The number of nitrogens with zero attached hydrogens (tertiary/aromatic N) is 1. The van der Waals surface area contributed by atoms with Crippen molar-refractivity contribution in [2.24, 2.45) is 5.92 Å². The van der Waals surface area contributed by atoms with Gasteiger partial charge in [-0.15, -0.1) is 0 Å². The maximum atomic E-state index is 12.5. The number of fused-ring (bicyclic) bond motifs is 3. The molecule has 2 amide bonds. The second-order valence-corrected chi connectivity index (χ2v) is 8.90. The standard InChI is InChI=1S/C27H25N3O5/c31-25(32)13-24(16-9-10-16)30-26(33)23-12-11-17(14-28-23)29-27(34)35-15-22-20-7-3-1-5-18(20)19-6-2-4-8-21(19)22/h1-8,11-12,14,16,22,24H,9-10,13,15H2,(H,29,34)(H,30,33)(H,31,32). The fraction of sp³-hybridized carbons (Fsp3) is 0.259. The zero-order valence-corrected chi connectivity index (χ0v) is 18.9. The second-order valence-electron chi connectivity index (χ2n) is 8.90. The molecule has 8 heteroatoms. The summed E-state index contributed by atoms with van der Waals surface area (Å²) in [6, 6.07) is 18.9. The van der Waals surface area contributed by atoms with Gasteiger partial charge in [-0.25, -0.2) is 9.78 Å². The van der Waals surface area contributed by atoms with Crippen LogP contribution in [0.5, 0.6) is 0 Å². The van der Waals surface area contributed by atoms with Crippen LogP contribution in [-0.4, -0.2) is 40.7 Å². The number of pyridine rings is 1. The highest BCUT2D eigenvalue weighted by Gasteiger charge is 2.34. The summed E-state index contributed by atoms with van der Waals surface area (Å²) in [5.41, 5.74) is 5.11. The van der Waals surface area contributed by atoms with Crippen LogP contribution in [0.1, 0.15) is 46.8 Å². The molecule has 1 aromatic heterocycles. The molecule has 2 aliphatic rings. The summed E-state index contributed by atoms with van der Waals surface area (Å²) in [5, 5.41) is 14.5. The van der Waals surface area contributed by atoms with E-state index in [0.29, 0.717) is 5.69 Å². The van der Waals surface area contributed by atoms with E-state index < -0.39 is 24.0 Å². The summed E-state index contributed by atoms with van der Waals surface area (Å²) >= 11 is 0. The molecule has 1 heterocycles. The molecule has 1 fully saturated rings. The number of aromatic nitrogens is 1. The highest BCUT2D eigenvalue weighted by atomic mass is 16.5. The molecule has 0 radical (unpaired) electrons. The van der Waals surface area contributed by atoms with E-state index in [9.17, 15) is 14.4 Å². The fourth-order valence-corrected chi connectivity index (χ4v) is 4.62. The van der Waals surface area contributed by atoms with Crippen molar-refractivity contribution in [2.45, 2.75) is 31.2 Å². The summed E-state index contributed by atoms with van der Waals surface area (Å²) in [6.07, 6.45) is 2.47. The molecule has 35 heavy (non-hydrogen) atoms. The largest absolute Gasteiger partial charge is 0.481 e. The van der Waals surface area contributed by atoms with Crippen molar-refractivity contribution in [3.05, 3.63) is 83.7 Å². The minimum atomic E-state index is -0.946. The Kier molecular flexibility index (Phi) is 6.18. The lowest BCUT2D eigenvalue weighted by molar-refractivity contribution is -0.137. The van der Waals surface area contributed by atoms with Crippen molar-refractivity contribution in [1.82, 2.24) is 10.3 Å². The molecule has 0 bridgehead atoms. The van der Waals surface area contributed by atoms with Gasteiger partial charge in [0.15, 0.2) is 0 Å². The Morgan fingerprint density at radius 3 is 2.20 bits per heavy atom. The van der Waals surface area contributed by atoms with Crippen molar-refractivity contribution >= 4 is 23.7 Å². The number of aliphatic carboxylic acids is 1. The maximum Gasteiger partial charge on any atom is 0.411 e. The number of hydrogen-bond donors (Lipinski definition) is 3. The van der Waals surface area contributed by atoms with Crippen molar-refractivity contribution in [3.63, 3.8) is 0 Å². The number of carbonyl (C=O) groups is 3. The van der Waals surface area contributed by atoms with E-state index in [4.69, 9.17) is 9.84 Å². The van der Waals surface area contributed by atoms with E-state index in [1.807, 2.05) is 24.3 Å². The molecule has 8 nitrogen and oxygen atoms in total. The first-order chi connectivity index (χ1) is 17.0. The van der Waals surface area contributed by atoms with Crippen molar-refractivity contribution < 1.29 is 24.2 Å². The average molecular weight is 472 g/mol. The third-order valence-corrected chi connectivity index (χ3v) is 6.49. The Morgan fingerprint density at radius 1 is 0.971 bits per heavy atom. The van der Waals surface area contributed by atoms with Crippen LogP contribution in [0.3, 0.4) is 0 Å². The van der Waals surface area contributed by atoms with Crippen molar-refractivity contribution in [2.75, 3.05) is 11.9 Å². The molecule has 1 atom stereocenters. The van der Waals surface area contributed by atoms with Gasteiger partial charge in [0.05, 0.1) is 18.3 Å². The first kappa shape index (κ1) is 22.6. The van der Waals surface area contributed by atoms with Gasteiger partial charge in [-0.05, 0) is 53.1 Å². The number of nitrogens with one attached hydrogen (secondary N) is 2. The number of hydrogen-bond acceptors (Lipinski definition) is 5. The number of rotatable bonds is 8. The van der Waals surface area contributed by atoms with E-state index in [1.54, 1.807) is 6.07 Å². The lowest BCUT2D eigenvalue weighted by Gasteiger charge is -2.16. The van der Waals surface area contributed by atoms with E-state index >= 15 is 0 Å². The van der Waals surface area contributed by atoms with Gasteiger partial charge in [0.2, 0.25) is 0 Å². The zero-order chi connectivity index (χ0) is 24.4. The van der Waals surface area contributed by atoms with Gasteiger partial charge >= 0.3 is 12.1 Å². The van der Waals surface area contributed by atoms with Gasteiger partial charge in [-0.3, -0.25) is 14.9 Å². The van der Waals surface area contributed by atoms with Crippen LogP contribution in [0.2, 0.25) is 0 Å². The summed E-state index contributed by atoms with van der Waals surface area (Å²) in [7, 11) is 0. The second kappa shape index (κ2) is 9.58. The van der Waals surface area contributed by atoms with Crippen LogP contribution in [-0.2, 0) is 9.53 Å². The first-order valence-corrected chi connectivity index (χ1v) is 11.6. The number of anilines is 1. The summed E-state index contributed by atoms with van der Waals surface area (Å²) < 4.78 is 5.53. The van der Waals surface area contributed by atoms with Crippen molar-refractivity contribution in [3.8, 4) is 11.1 Å². The quantitative estimate of drug-likeness (QED) is 0.448. The molecule has 5 rings (SSSR count). The molecule has 3 N–H and O–H groups in total. The lowest BCUT2D eigenvalue weighted by Crippen LogP contribution is -2.38. The molecule has 0 aliphatic heterocycles. The Hall–Kier alpha value is -4.20. The Morgan fingerprint density at radius 2 is 1.63 bits per heavy atom. The number of amides is 2. The molecule has 0 saturated heterocycles. The molecule has 2 aromatic carbocycles. The predicted molar refractivity (Wildman–Crippen MR) is 129 cm³/mol. The van der Waals surface area contributed by atoms with E-state index in [2.05, 4.69) is 39.9 Å². The summed E-state index contributed by atoms with van der Waals surface area (Å²) in [5.74, 6) is -1.22. The Balaban J connectivity index is 1.17. The van der Waals surface area contributed by atoms with Gasteiger partial charge in [0.1, 0.15) is 12.3 Å². The van der Waals surface area contributed by atoms with Crippen LogP contribution in [0.25, 0.3) is 11.1 Å². The normalized spacial score (nSPS) is 15.0. The van der Waals surface area contributed by atoms with Crippen LogP contribution in [0.15, 0.2) is 66.9 Å². The SMILES string of the molecule is O=C(O)CC(NC(=O)c1ccc(NC(=O)OCC2c3ccccc3-c3ccccc32)cn1)C1CC1. The van der Waals surface area contributed by atoms with Gasteiger partial charge in [-0.1, -0.05) is 48.5 Å². The molecule has 1 saturated carbocycles. The predicted octanol–water partition coefficient (Wildman–Crippen LogP) is 4.43. The maximum absolute atomic E-state index is 12.5. The number of ether oxygens (including phenoxy) is 1. The van der Waals surface area contributed by atoms with Gasteiger partial charge in [-0.2, -0.15) is 0 Å². The molecule has 2 aliphatic carbocycles. The Bertz CT molecular complexity index is 1220. The third-order valence-electron chi connectivity index (χ3n) is 6.49. The molecule has 3 aromatic rings. The molecule has 1 unspecified atom stereocenters. The van der Waals surface area contributed by atoms with Crippen LogP contribution < -0.4 is 10.6 Å². The van der Waals surface area contributed by atoms with E-state index in [-0.39, 0.29) is 30.6 Å². The highest BCUT2D eigenvalue weighted by Crippen LogP contribution is 2.44. The minimum Gasteiger partial charge on any atom is -0.481 e. The van der Waals surface area contributed by atoms with Crippen LogP contribution in [0.4, 0.5) is 10.5 Å². The Labute approximate surface area is 202 Å². The number of carboxylic acids is 1. The summed E-state index contributed by atoms with van der Waals surface area (Å²) in [4.78, 5) is 40.1. The molecular formula is C27H25N3O5. The third kappa shape index (κ3) is 5.01. The number of carboxylic acid groups (broad SMARTS) is 1. The average Bonchev–Trinajstić information content (AvgIpc) is 3.65.